The second-order valence-electron chi connectivity index (χ2n) is 4.93. The molecular weight excluding hydrogens is 326 g/mol. The van der Waals surface area contributed by atoms with Crippen molar-refractivity contribution < 1.29 is 17.2 Å². The first kappa shape index (κ1) is 15.3. The molecular formula is C14H12F2N4O2S. The van der Waals surface area contributed by atoms with Gasteiger partial charge in [0.15, 0.2) is 0 Å². The monoisotopic (exact) mass is 338 g/mol. The Morgan fingerprint density at radius 2 is 2.09 bits per heavy atom. The fourth-order valence-electron chi connectivity index (χ4n) is 2.21. The molecule has 0 radical (unpaired) electrons. The number of anilines is 1. The molecule has 0 spiro atoms. The number of benzene rings is 1. The molecule has 23 heavy (non-hydrogen) atoms. The van der Waals surface area contributed by atoms with Crippen LogP contribution in [0.15, 0.2) is 46.5 Å². The Labute approximate surface area is 131 Å². The minimum atomic E-state index is -4.17. The number of pyridine rings is 1. The number of halogens is 2. The van der Waals surface area contributed by atoms with E-state index in [9.17, 15) is 17.2 Å². The molecule has 3 rings (SSSR count). The molecule has 1 aliphatic heterocycles. The maximum atomic E-state index is 13.7. The quantitative estimate of drug-likeness (QED) is 0.879. The number of rotatable bonds is 2. The van der Waals surface area contributed by atoms with Gasteiger partial charge in [-0.05, 0) is 24.6 Å². The van der Waals surface area contributed by atoms with Crippen LogP contribution in [0, 0.1) is 11.6 Å². The van der Waals surface area contributed by atoms with Crippen LogP contribution >= 0.6 is 0 Å². The van der Waals surface area contributed by atoms with Crippen LogP contribution in [0.5, 0.6) is 0 Å². The highest BCUT2D eigenvalue weighted by Gasteiger charge is 2.31. The molecule has 0 aliphatic carbocycles. The Kier molecular flexibility index (Phi) is 3.72. The van der Waals surface area contributed by atoms with Gasteiger partial charge in [0, 0.05) is 18.5 Å². The van der Waals surface area contributed by atoms with Crippen molar-refractivity contribution in [1.29, 1.82) is 0 Å². The van der Waals surface area contributed by atoms with Crippen LogP contribution in [0.1, 0.15) is 18.5 Å². The maximum absolute atomic E-state index is 13.7. The van der Waals surface area contributed by atoms with Gasteiger partial charge in [-0.25, -0.2) is 26.9 Å². The fraction of sp³-hybridized carbons (Fsp3) is 0.143. The fourth-order valence-corrected chi connectivity index (χ4v) is 3.38. The molecule has 1 aromatic carbocycles. The molecule has 9 heteroatoms. The van der Waals surface area contributed by atoms with Crippen LogP contribution in [0.25, 0.3) is 0 Å². The lowest BCUT2D eigenvalue weighted by atomic mass is 10.1. The molecule has 1 atom stereocenters. The van der Waals surface area contributed by atoms with E-state index >= 15 is 0 Å². The van der Waals surface area contributed by atoms with Gasteiger partial charge in [0.1, 0.15) is 16.5 Å². The summed E-state index contributed by atoms with van der Waals surface area (Å²) in [6, 6.07) is 4.52. The van der Waals surface area contributed by atoms with E-state index in [2.05, 4.69) is 20.0 Å². The van der Waals surface area contributed by atoms with Gasteiger partial charge in [-0.3, -0.25) is 4.98 Å². The summed E-state index contributed by atoms with van der Waals surface area (Å²) in [4.78, 5) is 7.52. The molecule has 1 unspecified atom stereocenters. The minimum Gasteiger partial charge on any atom is -0.324 e. The van der Waals surface area contributed by atoms with Crippen molar-refractivity contribution in [2.45, 2.75) is 17.9 Å². The lowest BCUT2D eigenvalue weighted by Crippen LogP contribution is -2.41. The van der Waals surface area contributed by atoms with E-state index in [0.717, 1.165) is 11.6 Å². The summed E-state index contributed by atoms with van der Waals surface area (Å²) in [6.07, 6.45) is 3.20. The number of guanidine groups is 1. The van der Waals surface area contributed by atoms with Gasteiger partial charge in [-0.2, -0.15) is 0 Å². The summed E-state index contributed by atoms with van der Waals surface area (Å²) in [7, 11) is -4.17. The van der Waals surface area contributed by atoms with Crippen LogP contribution in [0.2, 0.25) is 0 Å². The third-order valence-corrected chi connectivity index (χ3v) is 4.67. The highest BCUT2D eigenvalue weighted by atomic mass is 32.2. The third kappa shape index (κ3) is 3.00. The summed E-state index contributed by atoms with van der Waals surface area (Å²) in [5.74, 6) is -2.16. The molecule has 1 aromatic heterocycles. The van der Waals surface area contributed by atoms with Crippen LogP contribution in [0.4, 0.5) is 14.5 Å². The number of fused-ring (bicyclic) bond motifs is 1. The highest BCUT2D eigenvalue weighted by molar-refractivity contribution is 7.90. The third-order valence-electron chi connectivity index (χ3n) is 3.25. The van der Waals surface area contributed by atoms with E-state index in [-0.39, 0.29) is 11.6 Å². The number of hydrogen-bond acceptors (Lipinski definition) is 4. The highest BCUT2D eigenvalue weighted by Crippen LogP contribution is 2.29. The molecule has 0 fully saturated rings. The number of sulfonamides is 1. The number of nitrogens with one attached hydrogen (secondary N) is 2. The number of aliphatic imine (C=N–C) groups is 1. The zero-order chi connectivity index (χ0) is 16.6. The van der Waals surface area contributed by atoms with Crippen molar-refractivity contribution in [3.05, 3.63) is 53.9 Å². The van der Waals surface area contributed by atoms with Crippen LogP contribution < -0.4 is 10.0 Å². The summed E-state index contributed by atoms with van der Waals surface area (Å²) >= 11 is 0. The van der Waals surface area contributed by atoms with Gasteiger partial charge in [-0.1, -0.05) is 6.07 Å². The normalized spacial score (nSPS) is 18.7. The van der Waals surface area contributed by atoms with Crippen LogP contribution in [0.3, 0.4) is 0 Å². The van der Waals surface area contributed by atoms with Gasteiger partial charge in [0.2, 0.25) is 5.96 Å². The average Bonchev–Trinajstić information content (AvgIpc) is 2.45. The summed E-state index contributed by atoms with van der Waals surface area (Å²) in [5.41, 5.74) is 0.565. The summed E-state index contributed by atoms with van der Waals surface area (Å²) in [6.45, 7) is 1.74. The topological polar surface area (TPSA) is 83.5 Å². The summed E-state index contributed by atoms with van der Waals surface area (Å²) < 4.78 is 53.4. The second-order valence-corrected chi connectivity index (χ2v) is 6.55. The van der Waals surface area contributed by atoms with Crippen LogP contribution in [-0.4, -0.2) is 19.4 Å². The zero-order valence-electron chi connectivity index (χ0n) is 11.9. The van der Waals surface area contributed by atoms with E-state index in [4.69, 9.17) is 0 Å². The standard InChI is InChI=1S/C14H12F2N4O2S/c1-8(9-3-2-4-17-7-9)18-14-19-12-6-10(15)5-11(16)13(12)23(21,22)20-14/h2-8H,1H3,(H2,18,19,20). The Bertz CT molecular complexity index is 885. The molecule has 1 aliphatic rings. The van der Waals surface area contributed by atoms with Gasteiger partial charge < -0.3 is 5.32 Å². The van der Waals surface area contributed by atoms with E-state index in [1.165, 1.54) is 0 Å². The van der Waals surface area contributed by atoms with E-state index in [1.807, 2.05) is 0 Å². The maximum Gasteiger partial charge on any atom is 0.269 e. The minimum absolute atomic E-state index is 0.112. The molecule has 120 valence electrons. The Balaban J connectivity index is 2.00. The molecule has 0 saturated carbocycles. The first-order valence-electron chi connectivity index (χ1n) is 6.63. The van der Waals surface area contributed by atoms with Crippen molar-refractivity contribution in [1.82, 2.24) is 9.71 Å². The average molecular weight is 338 g/mol. The van der Waals surface area contributed by atoms with Gasteiger partial charge in [-0.15, -0.1) is 0 Å². The molecule has 0 amide bonds. The van der Waals surface area contributed by atoms with Gasteiger partial charge in [0.05, 0.1) is 11.7 Å². The zero-order valence-corrected chi connectivity index (χ0v) is 12.7. The molecule has 6 nitrogen and oxygen atoms in total. The van der Waals surface area contributed by atoms with E-state index in [1.54, 1.807) is 31.5 Å². The van der Waals surface area contributed by atoms with Crippen molar-refractivity contribution in [3.8, 4) is 0 Å². The second kappa shape index (κ2) is 5.58. The van der Waals surface area contributed by atoms with Crippen molar-refractivity contribution in [2.75, 3.05) is 5.32 Å². The number of hydrogen-bond donors (Lipinski definition) is 2. The van der Waals surface area contributed by atoms with Crippen molar-refractivity contribution in [2.24, 2.45) is 4.99 Å². The SMILES string of the molecule is CC(N=C1Nc2cc(F)cc(F)c2S(=O)(=O)N1)c1cccnc1. The molecule has 2 heterocycles. The molecule has 0 bridgehead atoms. The predicted molar refractivity (Wildman–Crippen MR) is 80.4 cm³/mol. The Hall–Kier alpha value is -2.55. The van der Waals surface area contributed by atoms with Gasteiger partial charge >= 0.3 is 0 Å². The van der Waals surface area contributed by atoms with E-state index < -0.39 is 32.6 Å². The first-order chi connectivity index (χ1) is 10.9. The van der Waals surface area contributed by atoms with Gasteiger partial charge in [0.25, 0.3) is 10.0 Å². The first-order valence-corrected chi connectivity index (χ1v) is 8.12. The number of nitrogens with zero attached hydrogens (tertiary/aromatic N) is 2. The molecule has 2 N–H and O–H groups in total. The lowest BCUT2D eigenvalue weighted by Gasteiger charge is -2.22. The smallest absolute Gasteiger partial charge is 0.269 e. The Morgan fingerprint density at radius 1 is 1.30 bits per heavy atom. The largest absolute Gasteiger partial charge is 0.324 e. The lowest BCUT2D eigenvalue weighted by molar-refractivity contribution is 0.548. The van der Waals surface area contributed by atoms with Crippen LogP contribution in [-0.2, 0) is 10.0 Å². The molecule has 0 saturated heterocycles. The summed E-state index contributed by atoms with van der Waals surface area (Å²) in [5, 5.41) is 2.59. The Morgan fingerprint density at radius 3 is 2.78 bits per heavy atom. The van der Waals surface area contributed by atoms with Crippen molar-refractivity contribution in [3.63, 3.8) is 0 Å². The molecule has 2 aromatic rings. The predicted octanol–water partition coefficient (Wildman–Crippen LogP) is 2.18. The van der Waals surface area contributed by atoms with E-state index in [0.29, 0.717) is 6.07 Å². The number of aromatic nitrogens is 1. The van der Waals surface area contributed by atoms with Crippen molar-refractivity contribution >= 4 is 21.7 Å².